The lowest BCUT2D eigenvalue weighted by Crippen LogP contribution is -2.00. The topological polar surface area (TPSA) is 12.9 Å². The number of rotatable bonds is 8. The van der Waals surface area contributed by atoms with Crippen LogP contribution in [0.5, 0.6) is 0 Å². The number of hydrogen-bond acceptors (Lipinski definition) is 1. The zero-order valence-electron chi connectivity index (χ0n) is 11.8. The van der Waals surface area contributed by atoms with Crippen LogP contribution in [0.4, 0.5) is 0 Å². The number of hydrogen-bond donors (Lipinski definition) is 0. The predicted octanol–water partition coefficient (Wildman–Crippen LogP) is 4.72. The molecular formula is C16H27N. The number of unbranched alkanes of at least 4 members (excludes halogenated alkanes) is 2. The molecule has 17 heavy (non-hydrogen) atoms. The van der Waals surface area contributed by atoms with Gasteiger partial charge in [0, 0.05) is 11.9 Å². The van der Waals surface area contributed by atoms with Crippen LogP contribution in [0.1, 0.15) is 69.7 Å². The lowest BCUT2D eigenvalue weighted by atomic mass is 10.00. The molecule has 1 rings (SSSR count). The molecule has 0 fully saturated rings. The number of pyridine rings is 1. The van der Waals surface area contributed by atoms with E-state index in [4.69, 9.17) is 0 Å². The Morgan fingerprint density at radius 3 is 2.29 bits per heavy atom. The van der Waals surface area contributed by atoms with Gasteiger partial charge in [-0.1, -0.05) is 52.5 Å². The zero-order chi connectivity index (χ0) is 12.5. The fourth-order valence-corrected chi connectivity index (χ4v) is 2.26. The van der Waals surface area contributed by atoms with Crippen molar-refractivity contribution in [1.82, 2.24) is 4.98 Å². The summed E-state index contributed by atoms with van der Waals surface area (Å²) in [5.41, 5.74) is 4.26. The van der Waals surface area contributed by atoms with Crippen LogP contribution in [0.2, 0.25) is 0 Å². The van der Waals surface area contributed by atoms with Crippen LogP contribution in [0.25, 0.3) is 0 Å². The quantitative estimate of drug-likeness (QED) is 0.592. The maximum Gasteiger partial charge on any atom is 0.0435 e. The fourth-order valence-electron chi connectivity index (χ4n) is 2.26. The van der Waals surface area contributed by atoms with Gasteiger partial charge < -0.3 is 0 Å². The summed E-state index contributed by atoms with van der Waals surface area (Å²) in [6.45, 7) is 6.73. The summed E-state index contributed by atoms with van der Waals surface area (Å²) in [7, 11) is 0. The first-order valence-electron chi connectivity index (χ1n) is 7.28. The fraction of sp³-hybridized carbons (Fsp3) is 0.688. The van der Waals surface area contributed by atoms with Crippen molar-refractivity contribution in [2.24, 2.45) is 0 Å². The van der Waals surface area contributed by atoms with E-state index < -0.39 is 0 Å². The zero-order valence-corrected chi connectivity index (χ0v) is 11.8. The van der Waals surface area contributed by atoms with Crippen LogP contribution in [-0.4, -0.2) is 4.98 Å². The van der Waals surface area contributed by atoms with E-state index in [9.17, 15) is 0 Å². The summed E-state index contributed by atoms with van der Waals surface area (Å²) < 4.78 is 0. The Bertz CT molecular complexity index is 317. The molecule has 0 unspecified atom stereocenters. The van der Waals surface area contributed by atoms with Crippen molar-refractivity contribution in [3.05, 3.63) is 29.1 Å². The van der Waals surface area contributed by atoms with Gasteiger partial charge in [-0.25, -0.2) is 0 Å². The SMILES string of the molecule is CCCCCc1cc(CCC)cnc1CCC. The second kappa shape index (κ2) is 8.27. The van der Waals surface area contributed by atoms with Gasteiger partial charge in [0.05, 0.1) is 0 Å². The van der Waals surface area contributed by atoms with Crippen molar-refractivity contribution in [3.63, 3.8) is 0 Å². The first-order valence-corrected chi connectivity index (χ1v) is 7.28. The highest BCUT2D eigenvalue weighted by Crippen LogP contribution is 2.15. The van der Waals surface area contributed by atoms with Gasteiger partial charge in [0.2, 0.25) is 0 Å². The molecule has 0 spiro atoms. The Kier molecular flexibility index (Phi) is 6.91. The third kappa shape index (κ3) is 4.89. The average Bonchev–Trinajstić information content (AvgIpc) is 2.33. The summed E-state index contributed by atoms with van der Waals surface area (Å²) in [5, 5.41) is 0. The van der Waals surface area contributed by atoms with Crippen LogP contribution in [0.15, 0.2) is 12.3 Å². The lowest BCUT2D eigenvalue weighted by Gasteiger charge is -2.10. The van der Waals surface area contributed by atoms with Gasteiger partial charge in [-0.15, -0.1) is 0 Å². The Hall–Kier alpha value is -0.850. The Balaban J connectivity index is 2.74. The summed E-state index contributed by atoms with van der Waals surface area (Å²) in [6.07, 6.45) is 11.9. The number of aromatic nitrogens is 1. The van der Waals surface area contributed by atoms with Crippen LogP contribution >= 0.6 is 0 Å². The molecule has 1 heterocycles. The molecule has 0 aliphatic heterocycles. The third-order valence-corrected chi connectivity index (χ3v) is 3.19. The van der Waals surface area contributed by atoms with E-state index in [-0.39, 0.29) is 0 Å². The van der Waals surface area contributed by atoms with Gasteiger partial charge in [0.15, 0.2) is 0 Å². The normalized spacial score (nSPS) is 10.8. The maximum atomic E-state index is 4.67. The van der Waals surface area contributed by atoms with Crippen molar-refractivity contribution >= 4 is 0 Å². The molecule has 0 bridgehead atoms. The Morgan fingerprint density at radius 2 is 1.65 bits per heavy atom. The number of nitrogens with zero attached hydrogens (tertiary/aromatic N) is 1. The van der Waals surface area contributed by atoms with E-state index >= 15 is 0 Å². The molecule has 0 N–H and O–H groups in total. The third-order valence-electron chi connectivity index (χ3n) is 3.19. The Labute approximate surface area is 107 Å². The van der Waals surface area contributed by atoms with E-state index in [1.165, 1.54) is 61.8 Å². The molecule has 0 aliphatic carbocycles. The minimum atomic E-state index is 1.13. The van der Waals surface area contributed by atoms with Gasteiger partial charge in [-0.3, -0.25) is 4.98 Å². The van der Waals surface area contributed by atoms with E-state index in [0.717, 1.165) is 6.42 Å². The molecule has 1 aromatic heterocycles. The highest BCUT2D eigenvalue weighted by Gasteiger charge is 2.05. The minimum absolute atomic E-state index is 1.13. The van der Waals surface area contributed by atoms with Gasteiger partial charge in [0.1, 0.15) is 0 Å². The second-order valence-corrected chi connectivity index (χ2v) is 4.91. The highest BCUT2D eigenvalue weighted by molar-refractivity contribution is 5.26. The molecule has 0 aliphatic rings. The molecule has 0 radical (unpaired) electrons. The van der Waals surface area contributed by atoms with Gasteiger partial charge in [0.25, 0.3) is 0 Å². The standard InChI is InChI=1S/C16H27N/c1-4-7-8-11-15-12-14(9-5-2)13-17-16(15)10-6-3/h12-13H,4-11H2,1-3H3. The second-order valence-electron chi connectivity index (χ2n) is 4.91. The molecule has 0 aromatic carbocycles. The summed E-state index contributed by atoms with van der Waals surface area (Å²) in [4.78, 5) is 4.67. The van der Waals surface area contributed by atoms with Gasteiger partial charge >= 0.3 is 0 Å². The van der Waals surface area contributed by atoms with Crippen LogP contribution in [0, 0.1) is 0 Å². The van der Waals surface area contributed by atoms with Crippen LogP contribution in [-0.2, 0) is 19.3 Å². The molecule has 1 aromatic rings. The van der Waals surface area contributed by atoms with Crippen LogP contribution < -0.4 is 0 Å². The molecule has 0 saturated heterocycles. The predicted molar refractivity (Wildman–Crippen MR) is 75.5 cm³/mol. The van der Waals surface area contributed by atoms with Crippen molar-refractivity contribution < 1.29 is 0 Å². The monoisotopic (exact) mass is 233 g/mol. The maximum absolute atomic E-state index is 4.67. The van der Waals surface area contributed by atoms with E-state index in [0.29, 0.717) is 0 Å². The molecule has 1 nitrogen and oxygen atoms in total. The smallest absolute Gasteiger partial charge is 0.0435 e. The van der Waals surface area contributed by atoms with Crippen molar-refractivity contribution in [2.75, 3.05) is 0 Å². The number of aryl methyl sites for hydroxylation is 3. The van der Waals surface area contributed by atoms with Crippen LogP contribution in [0.3, 0.4) is 0 Å². The van der Waals surface area contributed by atoms with Gasteiger partial charge in [-0.2, -0.15) is 0 Å². The molecular weight excluding hydrogens is 206 g/mol. The minimum Gasteiger partial charge on any atom is -0.261 e. The summed E-state index contributed by atoms with van der Waals surface area (Å²) in [5.74, 6) is 0. The van der Waals surface area contributed by atoms with E-state index in [1.807, 2.05) is 0 Å². The largest absolute Gasteiger partial charge is 0.261 e. The average molecular weight is 233 g/mol. The molecule has 0 amide bonds. The lowest BCUT2D eigenvalue weighted by molar-refractivity contribution is 0.705. The molecule has 1 heteroatoms. The van der Waals surface area contributed by atoms with Crippen molar-refractivity contribution in [2.45, 2.75) is 72.1 Å². The van der Waals surface area contributed by atoms with Gasteiger partial charge in [-0.05, 0) is 36.8 Å². The van der Waals surface area contributed by atoms with E-state index in [1.54, 1.807) is 0 Å². The Morgan fingerprint density at radius 1 is 0.882 bits per heavy atom. The van der Waals surface area contributed by atoms with Crippen molar-refractivity contribution in [1.29, 1.82) is 0 Å². The van der Waals surface area contributed by atoms with E-state index in [2.05, 4.69) is 38.0 Å². The first kappa shape index (κ1) is 14.2. The molecule has 96 valence electrons. The molecule has 0 atom stereocenters. The van der Waals surface area contributed by atoms with Crippen molar-refractivity contribution in [3.8, 4) is 0 Å². The molecule has 0 saturated carbocycles. The summed E-state index contributed by atoms with van der Waals surface area (Å²) in [6, 6.07) is 2.40. The highest BCUT2D eigenvalue weighted by atomic mass is 14.7. The summed E-state index contributed by atoms with van der Waals surface area (Å²) >= 11 is 0. The first-order chi connectivity index (χ1) is 8.31.